The molecule has 0 atom stereocenters. The van der Waals surface area contributed by atoms with Gasteiger partial charge < -0.3 is 19.7 Å². The quantitative estimate of drug-likeness (QED) is 0.807. The Balaban J connectivity index is 1.51. The largest absolute Gasteiger partial charge is 0.497 e. The maximum Gasteiger partial charge on any atom is 0.258 e. The van der Waals surface area contributed by atoms with Gasteiger partial charge in [-0.25, -0.2) is 9.97 Å². The third kappa shape index (κ3) is 5.57. The molecule has 0 aliphatic carbocycles. The van der Waals surface area contributed by atoms with Crippen molar-refractivity contribution in [2.45, 2.75) is 32.7 Å². The normalized spacial score (nSPS) is 13.9. The van der Waals surface area contributed by atoms with Gasteiger partial charge >= 0.3 is 0 Å². The highest BCUT2D eigenvalue weighted by molar-refractivity contribution is 5.77. The molecular formula is C20H26N4O3. The van der Waals surface area contributed by atoms with Crippen molar-refractivity contribution in [3.05, 3.63) is 41.7 Å². The molecule has 1 N–H and O–H groups in total. The van der Waals surface area contributed by atoms with Crippen LogP contribution in [0.3, 0.4) is 0 Å². The second kappa shape index (κ2) is 9.21. The van der Waals surface area contributed by atoms with E-state index in [1.54, 1.807) is 31.4 Å². The molecule has 1 saturated heterocycles. The van der Waals surface area contributed by atoms with E-state index in [0.29, 0.717) is 12.3 Å². The van der Waals surface area contributed by atoms with Crippen LogP contribution >= 0.6 is 0 Å². The molecule has 1 aromatic carbocycles. The van der Waals surface area contributed by atoms with E-state index in [0.717, 1.165) is 36.2 Å². The molecule has 2 aromatic rings. The number of methoxy groups -OCH3 is 1. The minimum Gasteiger partial charge on any atom is -0.497 e. The Morgan fingerprint density at radius 1 is 1.11 bits per heavy atom. The van der Waals surface area contributed by atoms with E-state index in [2.05, 4.69) is 20.2 Å². The number of piperidine rings is 1. The zero-order valence-corrected chi connectivity index (χ0v) is 15.9. The molecule has 144 valence electrons. The van der Waals surface area contributed by atoms with Gasteiger partial charge in [0.25, 0.3) is 5.91 Å². The highest BCUT2D eigenvalue weighted by atomic mass is 16.5. The van der Waals surface area contributed by atoms with Gasteiger partial charge in [0.1, 0.15) is 11.5 Å². The van der Waals surface area contributed by atoms with Crippen LogP contribution in [0, 0.1) is 6.92 Å². The first kappa shape index (κ1) is 18.9. The number of anilines is 1. The molecule has 0 bridgehead atoms. The first-order valence-corrected chi connectivity index (χ1v) is 9.27. The number of nitrogens with one attached hydrogen (secondary N) is 1. The second-order valence-corrected chi connectivity index (χ2v) is 6.59. The number of rotatable bonds is 7. The first-order valence-electron chi connectivity index (χ1n) is 9.27. The molecule has 1 aromatic heterocycles. The number of aromatic nitrogens is 2. The first-order chi connectivity index (χ1) is 13.1. The van der Waals surface area contributed by atoms with E-state index < -0.39 is 0 Å². The molecule has 1 amide bonds. The summed E-state index contributed by atoms with van der Waals surface area (Å²) in [6.45, 7) is 4.24. The zero-order valence-electron chi connectivity index (χ0n) is 15.9. The second-order valence-electron chi connectivity index (χ2n) is 6.59. The Bertz CT molecular complexity index is 758. The van der Waals surface area contributed by atoms with Crippen molar-refractivity contribution in [2.24, 2.45) is 0 Å². The molecule has 27 heavy (non-hydrogen) atoms. The summed E-state index contributed by atoms with van der Waals surface area (Å²) < 4.78 is 10.6. The highest BCUT2D eigenvalue weighted by Gasteiger charge is 2.15. The van der Waals surface area contributed by atoms with Gasteiger partial charge in [-0.05, 0) is 56.5 Å². The van der Waals surface area contributed by atoms with Crippen LogP contribution in [0.1, 0.15) is 30.7 Å². The van der Waals surface area contributed by atoms with E-state index >= 15 is 0 Å². The fourth-order valence-electron chi connectivity index (χ4n) is 3.00. The molecule has 0 radical (unpaired) electrons. The summed E-state index contributed by atoms with van der Waals surface area (Å²) in [4.78, 5) is 23.4. The number of ether oxygens (including phenoxy) is 2. The zero-order chi connectivity index (χ0) is 19.1. The lowest BCUT2D eigenvalue weighted by atomic mass is 10.1. The Kier molecular flexibility index (Phi) is 6.46. The van der Waals surface area contributed by atoms with Gasteiger partial charge in [-0.3, -0.25) is 4.79 Å². The van der Waals surface area contributed by atoms with Crippen molar-refractivity contribution >= 4 is 11.9 Å². The van der Waals surface area contributed by atoms with E-state index in [4.69, 9.17) is 9.47 Å². The van der Waals surface area contributed by atoms with Gasteiger partial charge in [0.15, 0.2) is 6.61 Å². The fraction of sp³-hybridized carbons (Fsp3) is 0.450. The van der Waals surface area contributed by atoms with E-state index in [1.807, 2.05) is 13.0 Å². The molecule has 1 aliphatic rings. The third-order valence-electron chi connectivity index (χ3n) is 4.43. The Labute approximate surface area is 159 Å². The van der Waals surface area contributed by atoms with Crippen molar-refractivity contribution in [1.29, 1.82) is 0 Å². The lowest BCUT2D eigenvalue weighted by Gasteiger charge is -2.27. The van der Waals surface area contributed by atoms with Crippen LogP contribution in [-0.4, -0.2) is 42.7 Å². The monoisotopic (exact) mass is 370 g/mol. The number of carbonyl (C=O) groups is 1. The van der Waals surface area contributed by atoms with Crippen molar-refractivity contribution in [2.75, 3.05) is 31.7 Å². The van der Waals surface area contributed by atoms with Gasteiger partial charge in [0.2, 0.25) is 5.95 Å². The number of aryl methyl sites for hydroxylation is 1. The molecule has 7 nitrogen and oxygen atoms in total. The molecule has 0 spiro atoms. The van der Waals surface area contributed by atoms with Crippen molar-refractivity contribution in [3.63, 3.8) is 0 Å². The smallest absolute Gasteiger partial charge is 0.258 e. The molecular weight excluding hydrogens is 344 g/mol. The number of carbonyl (C=O) groups excluding carboxylic acids is 1. The highest BCUT2D eigenvalue weighted by Crippen LogP contribution is 2.17. The molecule has 0 unspecified atom stereocenters. The number of nitrogens with zero attached hydrogens (tertiary/aromatic N) is 3. The fourth-order valence-corrected chi connectivity index (χ4v) is 3.00. The van der Waals surface area contributed by atoms with Crippen LogP contribution in [-0.2, 0) is 11.3 Å². The molecule has 0 saturated carbocycles. The minimum absolute atomic E-state index is 0.0463. The lowest BCUT2D eigenvalue weighted by molar-refractivity contribution is -0.123. The van der Waals surface area contributed by atoms with Gasteiger partial charge in [-0.2, -0.15) is 0 Å². The maximum atomic E-state index is 12.1. The van der Waals surface area contributed by atoms with Crippen molar-refractivity contribution < 1.29 is 14.3 Å². The van der Waals surface area contributed by atoms with E-state index in [-0.39, 0.29) is 12.5 Å². The van der Waals surface area contributed by atoms with Crippen molar-refractivity contribution in [1.82, 2.24) is 15.3 Å². The lowest BCUT2D eigenvalue weighted by Crippen LogP contribution is -2.32. The van der Waals surface area contributed by atoms with Crippen LogP contribution in [0.25, 0.3) is 0 Å². The molecule has 1 fully saturated rings. The topological polar surface area (TPSA) is 76.6 Å². The summed E-state index contributed by atoms with van der Waals surface area (Å²) in [5.74, 6) is 1.93. The van der Waals surface area contributed by atoms with Crippen LogP contribution in [0.5, 0.6) is 11.5 Å². The number of benzene rings is 1. The van der Waals surface area contributed by atoms with Crippen LogP contribution in [0.2, 0.25) is 0 Å². The third-order valence-corrected chi connectivity index (χ3v) is 4.43. The van der Waals surface area contributed by atoms with Gasteiger partial charge in [-0.1, -0.05) is 0 Å². The van der Waals surface area contributed by atoms with Gasteiger partial charge in [0.05, 0.1) is 19.3 Å². The predicted octanol–water partition coefficient (Wildman–Crippen LogP) is 2.48. The Morgan fingerprint density at radius 3 is 2.52 bits per heavy atom. The van der Waals surface area contributed by atoms with E-state index in [9.17, 15) is 4.79 Å². The number of hydrogen-bond acceptors (Lipinski definition) is 6. The van der Waals surface area contributed by atoms with Gasteiger partial charge in [0, 0.05) is 18.8 Å². The summed E-state index contributed by atoms with van der Waals surface area (Å²) in [6.07, 6.45) is 3.61. The number of amides is 1. The molecule has 7 heteroatoms. The Morgan fingerprint density at radius 2 is 1.81 bits per heavy atom. The SMILES string of the molecule is COc1ccc(OCC(=O)NCc2cc(C)nc(N3CCCCC3)n2)cc1. The van der Waals surface area contributed by atoms with Crippen molar-refractivity contribution in [3.8, 4) is 11.5 Å². The van der Waals surface area contributed by atoms with Crippen LogP contribution < -0.4 is 19.7 Å². The number of hydrogen-bond donors (Lipinski definition) is 1. The van der Waals surface area contributed by atoms with Crippen LogP contribution in [0.15, 0.2) is 30.3 Å². The Hall–Kier alpha value is -2.83. The summed E-state index contributed by atoms with van der Waals surface area (Å²) in [5.41, 5.74) is 1.71. The maximum absolute atomic E-state index is 12.1. The molecule has 3 rings (SSSR count). The predicted molar refractivity (Wildman–Crippen MR) is 103 cm³/mol. The average Bonchev–Trinajstić information content (AvgIpc) is 2.71. The summed E-state index contributed by atoms with van der Waals surface area (Å²) in [7, 11) is 1.61. The summed E-state index contributed by atoms with van der Waals surface area (Å²) >= 11 is 0. The minimum atomic E-state index is -0.193. The van der Waals surface area contributed by atoms with Crippen LogP contribution in [0.4, 0.5) is 5.95 Å². The van der Waals surface area contributed by atoms with Gasteiger partial charge in [-0.15, -0.1) is 0 Å². The summed E-state index contributed by atoms with van der Waals surface area (Å²) in [6, 6.07) is 9.02. The molecule has 2 heterocycles. The average molecular weight is 370 g/mol. The summed E-state index contributed by atoms with van der Waals surface area (Å²) in [5, 5.41) is 2.85. The molecule has 1 aliphatic heterocycles. The van der Waals surface area contributed by atoms with E-state index in [1.165, 1.54) is 19.3 Å². The standard InChI is InChI=1S/C20H26N4O3/c1-15-12-16(23-20(22-15)24-10-4-3-5-11-24)13-21-19(25)14-27-18-8-6-17(26-2)7-9-18/h6-9,12H,3-5,10-11,13-14H2,1-2H3,(H,21,25).